The molecule has 1 aromatic carbocycles. The standard InChI is InChI=1S/C16H12N6O/c23-15(14-9-22-6-2-5-18-16(22)21-14)20-12-4-1-3-11(7-12)13-8-17-10-19-13/h1-10H,(H,17,19)(H,20,23). The lowest BCUT2D eigenvalue weighted by atomic mass is 10.1. The number of hydrogen-bond acceptors (Lipinski definition) is 4. The first-order chi connectivity index (χ1) is 11.3. The maximum absolute atomic E-state index is 12.3. The third-order valence-corrected chi connectivity index (χ3v) is 3.40. The number of anilines is 1. The number of rotatable bonds is 3. The number of carbonyl (C=O) groups is 1. The summed E-state index contributed by atoms with van der Waals surface area (Å²) in [6.07, 6.45) is 8.43. The summed E-state index contributed by atoms with van der Waals surface area (Å²) < 4.78 is 1.70. The lowest BCUT2D eigenvalue weighted by Gasteiger charge is -2.05. The summed E-state index contributed by atoms with van der Waals surface area (Å²) in [5, 5.41) is 2.84. The Labute approximate surface area is 131 Å². The van der Waals surface area contributed by atoms with Crippen LogP contribution in [0.3, 0.4) is 0 Å². The number of nitrogens with one attached hydrogen (secondary N) is 2. The first-order valence-electron chi connectivity index (χ1n) is 6.99. The van der Waals surface area contributed by atoms with Crippen LogP contribution in [0, 0.1) is 0 Å². The van der Waals surface area contributed by atoms with Crippen molar-refractivity contribution >= 4 is 17.4 Å². The second kappa shape index (κ2) is 5.38. The van der Waals surface area contributed by atoms with E-state index in [0.29, 0.717) is 17.2 Å². The highest BCUT2D eigenvalue weighted by molar-refractivity contribution is 6.03. The van der Waals surface area contributed by atoms with E-state index in [4.69, 9.17) is 0 Å². The second-order valence-corrected chi connectivity index (χ2v) is 4.95. The molecular weight excluding hydrogens is 292 g/mol. The van der Waals surface area contributed by atoms with E-state index in [1.807, 2.05) is 24.3 Å². The number of aromatic nitrogens is 5. The summed E-state index contributed by atoms with van der Waals surface area (Å²) in [5.74, 6) is 0.209. The van der Waals surface area contributed by atoms with E-state index in [0.717, 1.165) is 11.3 Å². The molecule has 0 fully saturated rings. The molecule has 0 saturated heterocycles. The fraction of sp³-hybridized carbons (Fsp3) is 0. The molecule has 23 heavy (non-hydrogen) atoms. The summed E-state index contributed by atoms with van der Waals surface area (Å²) in [4.78, 5) is 27.7. The Hall–Kier alpha value is -3.48. The number of H-pyrrole nitrogens is 1. The van der Waals surface area contributed by atoms with Gasteiger partial charge in [-0.25, -0.2) is 15.0 Å². The van der Waals surface area contributed by atoms with Gasteiger partial charge in [0.15, 0.2) is 0 Å². The van der Waals surface area contributed by atoms with Crippen LogP contribution >= 0.6 is 0 Å². The third-order valence-electron chi connectivity index (χ3n) is 3.40. The fourth-order valence-corrected chi connectivity index (χ4v) is 2.31. The van der Waals surface area contributed by atoms with Crippen LogP contribution in [0.25, 0.3) is 17.0 Å². The van der Waals surface area contributed by atoms with Crippen molar-refractivity contribution in [3.63, 3.8) is 0 Å². The van der Waals surface area contributed by atoms with E-state index in [9.17, 15) is 4.79 Å². The number of benzene rings is 1. The van der Waals surface area contributed by atoms with E-state index in [2.05, 4.69) is 25.3 Å². The van der Waals surface area contributed by atoms with Gasteiger partial charge in [0.2, 0.25) is 5.78 Å². The lowest BCUT2D eigenvalue weighted by molar-refractivity contribution is 0.102. The Bertz CT molecular complexity index is 940. The van der Waals surface area contributed by atoms with Gasteiger partial charge in [0.05, 0.1) is 18.2 Å². The average molecular weight is 304 g/mol. The molecule has 0 aliphatic heterocycles. The summed E-state index contributed by atoms with van der Waals surface area (Å²) in [7, 11) is 0. The maximum Gasteiger partial charge on any atom is 0.275 e. The summed E-state index contributed by atoms with van der Waals surface area (Å²) in [6, 6.07) is 9.30. The van der Waals surface area contributed by atoms with Crippen molar-refractivity contribution < 1.29 is 4.79 Å². The molecule has 4 aromatic rings. The highest BCUT2D eigenvalue weighted by atomic mass is 16.1. The Morgan fingerprint density at radius 2 is 2.22 bits per heavy atom. The monoisotopic (exact) mass is 304 g/mol. The van der Waals surface area contributed by atoms with Gasteiger partial charge in [-0.2, -0.15) is 0 Å². The molecule has 2 N–H and O–H groups in total. The zero-order valence-electron chi connectivity index (χ0n) is 12.0. The normalized spacial score (nSPS) is 10.8. The molecule has 3 aromatic heterocycles. The largest absolute Gasteiger partial charge is 0.345 e. The minimum atomic E-state index is -0.280. The van der Waals surface area contributed by atoms with Gasteiger partial charge in [0.1, 0.15) is 5.69 Å². The highest BCUT2D eigenvalue weighted by Crippen LogP contribution is 2.20. The van der Waals surface area contributed by atoms with Crippen LogP contribution in [-0.2, 0) is 0 Å². The van der Waals surface area contributed by atoms with E-state index in [1.165, 1.54) is 0 Å². The van der Waals surface area contributed by atoms with E-state index in [-0.39, 0.29) is 5.91 Å². The van der Waals surface area contributed by atoms with Gasteiger partial charge in [0.25, 0.3) is 5.91 Å². The summed E-state index contributed by atoms with van der Waals surface area (Å²) in [6.45, 7) is 0. The van der Waals surface area contributed by atoms with Gasteiger partial charge >= 0.3 is 0 Å². The minimum Gasteiger partial charge on any atom is -0.345 e. The number of fused-ring (bicyclic) bond motifs is 1. The summed E-state index contributed by atoms with van der Waals surface area (Å²) >= 11 is 0. The van der Waals surface area contributed by atoms with Crippen LogP contribution in [0.2, 0.25) is 0 Å². The van der Waals surface area contributed by atoms with Crippen LogP contribution in [0.5, 0.6) is 0 Å². The predicted octanol–water partition coefficient (Wildman–Crippen LogP) is 2.37. The van der Waals surface area contributed by atoms with Gasteiger partial charge in [-0.1, -0.05) is 12.1 Å². The summed E-state index contributed by atoms with van der Waals surface area (Å²) in [5.41, 5.74) is 2.83. The quantitative estimate of drug-likeness (QED) is 0.608. The van der Waals surface area contributed by atoms with Crippen LogP contribution in [0.1, 0.15) is 10.5 Å². The molecule has 1 amide bonds. The molecular formula is C16H12N6O. The molecule has 3 heterocycles. The Morgan fingerprint density at radius 1 is 1.26 bits per heavy atom. The van der Waals surface area contributed by atoms with Crippen LogP contribution in [-0.4, -0.2) is 30.2 Å². The van der Waals surface area contributed by atoms with Gasteiger partial charge in [-0.05, 0) is 18.2 Å². The van der Waals surface area contributed by atoms with Crippen molar-refractivity contribution in [2.45, 2.75) is 0 Å². The predicted molar refractivity (Wildman–Crippen MR) is 85.0 cm³/mol. The van der Waals surface area contributed by atoms with Crippen LogP contribution in [0.4, 0.5) is 5.69 Å². The zero-order chi connectivity index (χ0) is 15.6. The fourth-order valence-electron chi connectivity index (χ4n) is 2.31. The number of aromatic amines is 1. The third kappa shape index (κ3) is 2.55. The maximum atomic E-state index is 12.3. The number of hydrogen-bond donors (Lipinski definition) is 2. The minimum absolute atomic E-state index is 0.280. The topological polar surface area (TPSA) is 88.0 Å². The van der Waals surface area contributed by atoms with Gasteiger partial charge in [-0.3, -0.25) is 9.20 Å². The lowest BCUT2D eigenvalue weighted by Crippen LogP contribution is -2.12. The first kappa shape index (κ1) is 13.2. The van der Waals surface area contributed by atoms with Crippen molar-refractivity contribution in [3.05, 3.63) is 67.1 Å². The Morgan fingerprint density at radius 3 is 3.04 bits per heavy atom. The molecule has 0 saturated carbocycles. The molecule has 7 nitrogen and oxygen atoms in total. The van der Waals surface area contributed by atoms with Crippen molar-refractivity contribution in [2.75, 3.05) is 5.32 Å². The number of carbonyl (C=O) groups excluding carboxylic acids is 1. The van der Waals surface area contributed by atoms with Gasteiger partial charge in [-0.15, -0.1) is 0 Å². The number of imidazole rings is 2. The second-order valence-electron chi connectivity index (χ2n) is 4.95. The molecule has 0 aliphatic carbocycles. The van der Waals surface area contributed by atoms with Crippen LogP contribution in [0.15, 0.2) is 61.4 Å². The van der Waals surface area contributed by atoms with Crippen molar-refractivity contribution in [3.8, 4) is 11.3 Å². The highest BCUT2D eigenvalue weighted by Gasteiger charge is 2.12. The Balaban J connectivity index is 1.60. The average Bonchev–Trinajstić information content (AvgIpc) is 3.24. The van der Waals surface area contributed by atoms with Gasteiger partial charge < -0.3 is 10.3 Å². The van der Waals surface area contributed by atoms with E-state index >= 15 is 0 Å². The number of amides is 1. The van der Waals surface area contributed by atoms with E-state index in [1.54, 1.807) is 41.6 Å². The van der Waals surface area contributed by atoms with E-state index < -0.39 is 0 Å². The molecule has 0 unspecified atom stereocenters. The number of nitrogens with zero attached hydrogens (tertiary/aromatic N) is 4. The molecule has 0 bridgehead atoms. The first-order valence-corrected chi connectivity index (χ1v) is 6.99. The molecule has 0 aliphatic rings. The molecule has 0 atom stereocenters. The zero-order valence-corrected chi connectivity index (χ0v) is 12.0. The molecule has 4 rings (SSSR count). The smallest absolute Gasteiger partial charge is 0.275 e. The Kier molecular flexibility index (Phi) is 3.09. The van der Waals surface area contributed by atoms with Crippen molar-refractivity contribution in [2.24, 2.45) is 0 Å². The van der Waals surface area contributed by atoms with Gasteiger partial charge in [0, 0.05) is 29.8 Å². The molecule has 112 valence electrons. The molecule has 0 radical (unpaired) electrons. The van der Waals surface area contributed by atoms with Crippen molar-refractivity contribution in [1.29, 1.82) is 0 Å². The SMILES string of the molecule is O=C(Nc1cccc(-c2cnc[nH]2)c1)c1cn2cccnc2n1. The molecule has 7 heteroatoms. The van der Waals surface area contributed by atoms with Crippen LogP contribution < -0.4 is 5.32 Å². The molecule has 0 spiro atoms. The van der Waals surface area contributed by atoms with Crippen molar-refractivity contribution in [1.82, 2.24) is 24.3 Å².